The average Bonchev–Trinajstić information content (AvgIpc) is 3.31. The Bertz CT molecular complexity index is 1310. The third-order valence-corrected chi connectivity index (χ3v) is 4.77. The fourth-order valence-electron chi connectivity index (χ4n) is 2.97. The molecule has 0 atom stereocenters. The zero-order valence-electron chi connectivity index (χ0n) is 15.6. The maximum absolute atomic E-state index is 12.6. The summed E-state index contributed by atoms with van der Waals surface area (Å²) in [5, 5.41) is 14.9. The van der Waals surface area contributed by atoms with Gasteiger partial charge in [0.05, 0.1) is 16.8 Å². The SMILES string of the molecule is Cc1nc2ccc(Br)cn2c1C(=O)N/N=C/c1ccc(-c2cccc([N+](=O)[O-])c2)o1. The van der Waals surface area contributed by atoms with Crippen molar-refractivity contribution in [3.05, 3.63) is 86.5 Å². The molecule has 0 saturated carbocycles. The molecule has 3 aromatic heterocycles. The average molecular weight is 468 g/mol. The summed E-state index contributed by atoms with van der Waals surface area (Å²) in [5.41, 5.74) is 4.61. The highest BCUT2D eigenvalue weighted by Gasteiger charge is 2.16. The predicted octanol–water partition coefficient (Wildman–Crippen LogP) is 4.34. The molecule has 1 amide bonds. The van der Waals surface area contributed by atoms with Crippen LogP contribution in [0.25, 0.3) is 17.0 Å². The summed E-state index contributed by atoms with van der Waals surface area (Å²) in [5.74, 6) is 0.420. The first kappa shape index (κ1) is 19.5. The highest BCUT2D eigenvalue weighted by atomic mass is 79.9. The van der Waals surface area contributed by atoms with Crippen LogP contribution in [0.1, 0.15) is 21.9 Å². The lowest BCUT2D eigenvalue weighted by Gasteiger charge is -2.02. The number of nitro benzene ring substituents is 1. The van der Waals surface area contributed by atoms with Crippen LogP contribution in [0, 0.1) is 17.0 Å². The van der Waals surface area contributed by atoms with Gasteiger partial charge in [0.15, 0.2) is 0 Å². The summed E-state index contributed by atoms with van der Waals surface area (Å²) in [4.78, 5) is 27.4. The molecule has 30 heavy (non-hydrogen) atoms. The van der Waals surface area contributed by atoms with Crippen molar-refractivity contribution in [3.63, 3.8) is 0 Å². The van der Waals surface area contributed by atoms with Crippen LogP contribution in [0.3, 0.4) is 0 Å². The van der Waals surface area contributed by atoms with E-state index in [1.54, 1.807) is 47.9 Å². The smallest absolute Gasteiger partial charge is 0.290 e. The number of non-ortho nitro benzene ring substituents is 1. The molecule has 0 unspecified atom stereocenters. The lowest BCUT2D eigenvalue weighted by atomic mass is 10.1. The number of carbonyl (C=O) groups is 1. The monoisotopic (exact) mass is 467 g/mol. The highest BCUT2D eigenvalue weighted by Crippen LogP contribution is 2.25. The van der Waals surface area contributed by atoms with Crippen molar-refractivity contribution in [2.75, 3.05) is 0 Å². The number of nitrogens with zero attached hydrogens (tertiary/aromatic N) is 4. The molecule has 0 aliphatic heterocycles. The maximum Gasteiger partial charge on any atom is 0.290 e. The van der Waals surface area contributed by atoms with E-state index in [-0.39, 0.29) is 5.69 Å². The van der Waals surface area contributed by atoms with E-state index in [0.717, 1.165) is 4.47 Å². The van der Waals surface area contributed by atoms with Crippen LogP contribution in [0.2, 0.25) is 0 Å². The van der Waals surface area contributed by atoms with E-state index < -0.39 is 10.8 Å². The number of hydrogen-bond acceptors (Lipinski definition) is 6. The van der Waals surface area contributed by atoms with Gasteiger partial charge in [-0.1, -0.05) is 12.1 Å². The Labute approximate surface area is 178 Å². The molecule has 150 valence electrons. The molecule has 0 radical (unpaired) electrons. The van der Waals surface area contributed by atoms with Crippen molar-refractivity contribution in [3.8, 4) is 11.3 Å². The number of carbonyl (C=O) groups excluding carboxylic acids is 1. The number of imidazole rings is 1. The first-order valence-electron chi connectivity index (χ1n) is 8.74. The third kappa shape index (κ3) is 3.85. The number of halogens is 1. The van der Waals surface area contributed by atoms with Crippen LogP contribution in [0.15, 0.2) is 68.7 Å². The molecule has 0 aliphatic rings. The van der Waals surface area contributed by atoms with Crippen molar-refractivity contribution in [2.45, 2.75) is 6.92 Å². The summed E-state index contributed by atoms with van der Waals surface area (Å²) in [6.07, 6.45) is 3.11. The summed E-state index contributed by atoms with van der Waals surface area (Å²) in [6.45, 7) is 1.75. The molecule has 9 nitrogen and oxygen atoms in total. The number of rotatable bonds is 5. The minimum absolute atomic E-state index is 0.0265. The van der Waals surface area contributed by atoms with E-state index in [2.05, 4.69) is 31.4 Å². The number of hydrazone groups is 1. The fourth-order valence-corrected chi connectivity index (χ4v) is 3.30. The fraction of sp³-hybridized carbons (Fsp3) is 0.0500. The molecule has 4 rings (SSSR count). The maximum atomic E-state index is 12.6. The molecule has 1 aromatic carbocycles. The zero-order valence-corrected chi connectivity index (χ0v) is 17.2. The van der Waals surface area contributed by atoms with Crippen molar-refractivity contribution in [2.24, 2.45) is 5.10 Å². The van der Waals surface area contributed by atoms with Crippen LogP contribution in [0.4, 0.5) is 5.69 Å². The molecule has 0 aliphatic carbocycles. The van der Waals surface area contributed by atoms with E-state index in [0.29, 0.717) is 34.1 Å². The highest BCUT2D eigenvalue weighted by molar-refractivity contribution is 9.10. The Morgan fingerprint density at radius 1 is 1.30 bits per heavy atom. The Hall–Kier alpha value is -3.79. The molecule has 4 aromatic rings. The van der Waals surface area contributed by atoms with Gasteiger partial charge in [-0.3, -0.25) is 19.3 Å². The Morgan fingerprint density at radius 2 is 2.13 bits per heavy atom. The van der Waals surface area contributed by atoms with E-state index >= 15 is 0 Å². The number of nitro groups is 1. The number of nitrogens with one attached hydrogen (secondary N) is 1. The largest absolute Gasteiger partial charge is 0.455 e. The Morgan fingerprint density at radius 3 is 2.93 bits per heavy atom. The van der Waals surface area contributed by atoms with Gasteiger partial charge in [-0.05, 0) is 47.1 Å². The summed E-state index contributed by atoms with van der Waals surface area (Å²) in [6, 6.07) is 13.1. The number of benzene rings is 1. The lowest BCUT2D eigenvalue weighted by molar-refractivity contribution is -0.384. The minimum atomic E-state index is -0.467. The normalized spacial score (nSPS) is 11.3. The molecule has 10 heteroatoms. The second-order valence-corrected chi connectivity index (χ2v) is 7.25. The Balaban J connectivity index is 1.50. The molecular formula is C20H14BrN5O4. The lowest BCUT2D eigenvalue weighted by Crippen LogP contribution is -2.20. The van der Waals surface area contributed by atoms with Crippen molar-refractivity contribution < 1.29 is 14.1 Å². The molecular weight excluding hydrogens is 454 g/mol. The van der Waals surface area contributed by atoms with Gasteiger partial charge in [-0.25, -0.2) is 10.4 Å². The number of aryl methyl sites for hydroxylation is 1. The summed E-state index contributed by atoms with van der Waals surface area (Å²) >= 11 is 3.38. The summed E-state index contributed by atoms with van der Waals surface area (Å²) in [7, 11) is 0. The van der Waals surface area contributed by atoms with Crippen molar-refractivity contribution in [1.82, 2.24) is 14.8 Å². The molecule has 0 saturated heterocycles. The van der Waals surface area contributed by atoms with Crippen LogP contribution in [-0.4, -0.2) is 26.4 Å². The van der Waals surface area contributed by atoms with Gasteiger partial charge in [0.2, 0.25) is 0 Å². The molecule has 3 heterocycles. The second kappa shape index (κ2) is 7.91. The van der Waals surface area contributed by atoms with Crippen molar-refractivity contribution in [1.29, 1.82) is 0 Å². The van der Waals surface area contributed by atoms with Gasteiger partial charge < -0.3 is 4.42 Å². The molecule has 0 bridgehead atoms. The van der Waals surface area contributed by atoms with Gasteiger partial charge in [-0.15, -0.1) is 0 Å². The van der Waals surface area contributed by atoms with Gasteiger partial charge in [0.25, 0.3) is 11.6 Å². The summed E-state index contributed by atoms with van der Waals surface area (Å²) < 4.78 is 8.13. The van der Waals surface area contributed by atoms with Gasteiger partial charge >= 0.3 is 0 Å². The quantitative estimate of drug-likeness (QED) is 0.266. The van der Waals surface area contributed by atoms with Crippen LogP contribution in [0.5, 0.6) is 0 Å². The second-order valence-electron chi connectivity index (χ2n) is 6.33. The van der Waals surface area contributed by atoms with E-state index in [1.807, 2.05) is 6.07 Å². The topological polar surface area (TPSA) is 115 Å². The number of fused-ring (bicyclic) bond motifs is 1. The molecule has 1 N–H and O–H groups in total. The predicted molar refractivity (Wildman–Crippen MR) is 113 cm³/mol. The van der Waals surface area contributed by atoms with E-state index in [1.165, 1.54) is 18.3 Å². The number of pyridine rings is 1. The van der Waals surface area contributed by atoms with Gasteiger partial charge in [0.1, 0.15) is 22.9 Å². The van der Waals surface area contributed by atoms with Crippen LogP contribution < -0.4 is 5.43 Å². The first-order chi connectivity index (χ1) is 14.4. The van der Waals surface area contributed by atoms with Crippen LogP contribution >= 0.6 is 15.9 Å². The van der Waals surface area contributed by atoms with Gasteiger partial charge in [0, 0.05) is 28.4 Å². The Kier molecular flexibility index (Phi) is 5.15. The van der Waals surface area contributed by atoms with E-state index in [4.69, 9.17) is 4.42 Å². The first-order valence-corrected chi connectivity index (χ1v) is 9.54. The van der Waals surface area contributed by atoms with Crippen molar-refractivity contribution >= 4 is 39.4 Å². The minimum Gasteiger partial charge on any atom is -0.455 e. The van der Waals surface area contributed by atoms with Gasteiger partial charge in [-0.2, -0.15) is 5.10 Å². The van der Waals surface area contributed by atoms with E-state index in [9.17, 15) is 14.9 Å². The number of furan rings is 1. The standard InChI is InChI=1S/C20H14BrN5O4/c1-12-19(25-11-14(21)5-8-18(25)23-12)20(27)24-22-10-16-6-7-17(30-16)13-3-2-4-15(9-13)26(28)29/h2-11H,1H3,(H,24,27)/b22-10+. The number of aromatic nitrogens is 2. The number of hydrogen-bond donors (Lipinski definition) is 1. The number of amides is 1. The zero-order chi connectivity index (χ0) is 21.3. The van der Waals surface area contributed by atoms with Crippen LogP contribution in [-0.2, 0) is 0 Å². The third-order valence-electron chi connectivity index (χ3n) is 4.30. The molecule has 0 fully saturated rings. The molecule has 0 spiro atoms.